The van der Waals surface area contributed by atoms with E-state index in [9.17, 15) is 0 Å². The van der Waals surface area contributed by atoms with Crippen molar-refractivity contribution in [2.45, 2.75) is 54.1 Å². The second-order valence-electron chi connectivity index (χ2n) is 7.00. The third-order valence-corrected chi connectivity index (χ3v) is 4.85. The summed E-state index contributed by atoms with van der Waals surface area (Å²) >= 11 is 0. The first-order valence-electron chi connectivity index (χ1n) is 8.83. The molecule has 2 aliphatic heterocycles. The van der Waals surface area contributed by atoms with E-state index in [0.29, 0.717) is 0 Å². The Morgan fingerprint density at radius 1 is 0.682 bits per heavy atom. The van der Waals surface area contributed by atoms with Gasteiger partial charge in [0.1, 0.15) is 0 Å². The number of hydrogen-bond acceptors (Lipinski definition) is 4. The van der Waals surface area contributed by atoms with Gasteiger partial charge in [-0.05, 0) is 41.3 Å². The monoisotopic (exact) mass is 314 g/mol. The van der Waals surface area contributed by atoms with Gasteiger partial charge in [-0.2, -0.15) is 0 Å². The molecule has 2 fully saturated rings. The zero-order valence-electron chi connectivity index (χ0n) is 15.3. The second-order valence-corrected chi connectivity index (χ2v) is 7.00. The van der Waals surface area contributed by atoms with Gasteiger partial charge in [0, 0.05) is 64.4 Å². The lowest BCUT2D eigenvalue weighted by Gasteiger charge is -2.36. The first kappa shape index (κ1) is 21.8. The van der Waals surface area contributed by atoms with Crippen LogP contribution in [0.15, 0.2) is 0 Å². The van der Waals surface area contributed by atoms with Crippen molar-refractivity contribution in [2.75, 3.05) is 66.0 Å². The highest BCUT2D eigenvalue weighted by atomic mass is 15.3. The van der Waals surface area contributed by atoms with E-state index in [1.165, 1.54) is 58.9 Å². The summed E-state index contributed by atoms with van der Waals surface area (Å²) < 4.78 is 0. The van der Waals surface area contributed by atoms with Crippen molar-refractivity contribution >= 4 is 0 Å². The summed E-state index contributed by atoms with van der Waals surface area (Å²) in [5.41, 5.74) is 0. The standard InChI is InChI=1S/C9H20N2.C8H18N2.CH4/c1-4-10-5-7-11(8-6-10)9(2)3;1-8(2)10-6-4-9(3)5-7-10;/h9H,4-8H2,1-3H3;8H,4-7H2,1-3H3;1H4. The van der Waals surface area contributed by atoms with Crippen molar-refractivity contribution < 1.29 is 0 Å². The highest BCUT2D eigenvalue weighted by Gasteiger charge is 2.17. The van der Waals surface area contributed by atoms with Crippen LogP contribution >= 0.6 is 0 Å². The van der Waals surface area contributed by atoms with Gasteiger partial charge >= 0.3 is 0 Å². The maximum atomic E-state index is 2.55. The molecule has 0 bridgehead atoms. The number of nitrogens with zero attached hydrogens (tertiary/aromatic N) is 4. The summed E-state index contributed by atoms with van der Waals surface area (Å²) in [6.45, 7) is 22.5. The molecule has 0 radical (unpaired) electrons. The summed E-state index contributed by atoms with van der Waals surface area (Å²) in [6, 6.07) is 1.46. The van der Waals surface area contributed by atoms with E-state index in [0.717, 1.165) is 12.1 Å². The molecule has 0 aliphatic carbocycles. The predicted molar refractivity (Wildman–Crippen MR) is 99.8 cm³/mol. The summed E-state index contributed by atoms with van der Waals surface area (Å²) in [6.07, 6.45) is 0. The predicted octanol–water partition coefficient (Wildman–Crippen LogP) is 2.31. The van der Waals surface area contributed by atoms with Gasteiger partial charge < -0.3 is 9.80 Å². The zero-order valence-corrected chi connectivity index (χ0v) is 15.3. The lowest BCUT2D eigenvalue weighted by molar-refractivity contribution is 0.112. The smallest absolute Gasteiger partial charge is 0.0113 e. The van der Waals surface area contributed by atoms with E-state index >= 15 is 0 Å². The molecule has 0 atom stereocenters. The normalized spacial score (nSPS) is 22.4. The molecule has 2 heterocycles. The molecular weight excluding hydrogens is 272 g/mol. The minimum absolute atomic E-state index is 0. The molecule has 0 N–H and O–H groups in total. The minimum Gasteiger partial charge on any atom is -0.304 e. The fourth-order valence-electron chi connectivity index (χ4n) is 2.93. The maximum absolute atomic E-state index is 2.55. The van der Waals surface area contributed by atoms with Gasteiger partial charge in [0.2, 0.25) is 0 Å². The first-order valence-corrected chi connectivity index (χ1v) is 8.83. The van der Waals surface area contributed by atoms with Gasteiger partial charge in [0.05, 0.1) is 0 Å². The van der Waals surface area contributed by atoms with Gasteiger partial charge in [0.25, 0.3) is 0 Å². The fourth-order valence-corrected chi connectivity index (χ4v) is 2.93. The van der Waals surface area contributed by atoms with Crippen LogP contribution in [0.4, 0.5) is 0 Å². The SMILES string of the molecule is C.CC(C)N1CCN(C)CC1.CCN1CCN(C(C)C)CC1. The molecule has 0 spiro atoms. The highest BCUT2D eigenvalue weighted by Crippen LogP contribution is 2.04. The molecule has 4 nitrogen and oxygen atoms in total. The highest BCUT2D eigenvalue weighted by molar-refractivity contribution is 4.73. The fraction of sp³-hybridized carbons (Fsp3) is 1.00. The van der Waals surface area contributed by atoms with E-state index in [2.05, 4.69) is 61.3 Å². The molecule has 0 aromatic rings. The number of hydrogen-bond donors (Lipinski definition) is 0. The molecule has 0 saturated carbocycles. The van der Waals surface area contributed by atoms with Gasteiger partial charge in [0.15, 0.2) is 0 Å². The number of piperazine rings is 2. The Labute approximate surface area is 140 Å². The van der Waals surface area contributed by atoms with Crippen molar-refractivity contribution in [1.29, 1.82) is 0 Å². The van der Waals surface area contributed by atoms with Crippen molar-refractivity contribution in [3.05, 3.63) is 0 Å². The molecule has 2 aliphatic rings. The van der Waals surface area contributed by atoms with E-state index < -0.39 is 0 Å². The van der Waals surface area contributed by atoms with Gasteiger partial charge in [-0.25, -0.2) is 0 Å². The van der Waals surface area contributed by atoms with E-state index in [1.54, 1.807) is 0 Å². The lowest BCUT2D eigenvalue weighted by Crippen LogP contribution is -2.48. The summed E-state index contributed by atoms with van der Waals surface area (Å²) in [4.78, 5) is 9.98. The Morgan fingerprint density at radius 2 is 1.05 bits per heavy atom. The molecule has 4 heteroatoms. The molecule has 0 amide bonds. The van der Waals surface area contributed by atoms with Crippen LogP contribution in [0, 0.1) is 0 Å². The van der Waals surface area contributed by atoms with E-state index in [-0.39, 0.29) is 7.43 Å². The Hall–Kier alpha value is -0.160. The van der Waals surface area contributed by atoms with Crippen molar-refractivity contribution in [1.82, 2.24) is 19.6 Å². The molecule has 2 saturated heterocycles. The van der Waals surface area contributed by atoms with Crippen molar-refractivity contribution in [3.8, 4) is 0 Å². The molecule has 0 unspecified atom stereocenters. The Kier molecular flexibility index (Phi) is 11.3. The van der Waals surface area contributed by atoms with Gasteiger partial charge in [-0.15, -0.1) is 0 Å². The van der Waals surface area contributed by atoms with E-state index in [1.807, 2.05) is 0 Å². The Bertz CT molecular complexity index is 252. The van der Waals surface area contributed by atoms with Crippen LogP contribution in [-0.4, -0.2) is 97.6 Å². The van der Waals surface area contributed by atoms with Crippen LogP contribution in [-0.2, 0) is 0 Å². The van der Waals surface area contributed by atoms with Crippen LogP contribution in [0.5, 0.6) is 0 Å². The largest absolute Gasteiger partial charge is 0.304 e. The molecule has 2 rings (SSSR count). The molecule has 22 heavy (non-hydrogen) atoms. The van der Waals surface area contributed by atoms with E-state index in [4.69, 9.17) is 0 Å². The van der Waals surface area contributed by atoms with Crippen LogP contribution in [0.3, 0.4) is 0 Å². The second kappa shape index (κ2) is 11.4. The molecule has 0 aromatic heterocycles. The van der Waals surface area contributed by atoms with Crippen molar-refractivity contribution in [3.63, 3.8) is 0 Å². The number of likely N-dealkylation sites (N-methyl/N-ethyl adjacent to an activating group) is 2. The molecule has 0 aromatic carbocycles. The average molecular weight is 315 g/mol. The first-order chi connectivity index (χ1) is 9.93. The quantitative estimate of drug-likeness (QED) is 0.792. The van der Waals surface area contributed by atoms with Crippen LogP contribution in [0.2, 0.25) is 0 Å². The molecule has 134 valence electrons. The van der Waals surface area contributed by atoms with Crippen LogP contribution in [0.1, 0.15) is 42.0 Å². The minimum atomic E-state index is 0. The van der Waals surface area contributed by atoms with Crippen LogP contribution in [0.25, 0.3) is 0 Å². The maximum Gasteiger partial charge on any atom is 0.0113 e. The third-order valence-electron chi connectivity index (χ3n) is 4.85. The van der Waals surface area contributed by atoms with Gasteiger partial charge in [-0.1, -0.05) is 14.4 Å². The van der Waals surface area contributed by atoms with Crippen molar-refractivity contribution in [2.24, 2.45) is 0 Å². The summed E-state index contributed by atoms with van der Waals surface area (Å²) in [7, 11) is 2.19. The van der Waals surface area contributed by atoms with Gasteiger partial charge in [-0.3, -0.25) is 9.80 Å². The summed E-state index contributed by atoms with van der Waals surface area (Å²) in [5.74, 6) is 0. The summed E-state index contributed by atoms with van der Waals surface area (Å²) in [5, 5.41) is 0. The molecular formula is C18H42N4. The third kappa shape index (κ3) is 7.91. The number of rotatable bonds is 3. The Balaban J connectivity index is 0.000000385. The lowest BCUT2D eigenvalue weighted by atomic mass is 10.2. The zero-order chi connectivity index (χ0) is 15.8. The average Bonchev–Trinajstić information content (AvgIpc) is 2.48. The Morgan fingerprint density at radius 3 is 1.36 bits per heavy atom. The topological polar surface area (TPSA) is 13.0 Å². The van der Waals surface area contributed by atoms with Crippen LogP contribution < -0.4 is 0 Å².